The van der Waals surface area contributed by atoms with Gasteiger partial charge in [0.15, 0.2) is 5.41 Å². The first-order chi connectivity index (χ1) is 12.3. The Bertz CT molecular complexity index is 909. The molecule has 2 amide bonds. The van der Waals surface area contributed by atoms with E-state index in [2.05, 4.69) is 9.84 Å². The number of imide groups is 1. The minimum Gasteiger partial charge on any atom is -0.370 e. The predicted molar refractivity (Wildman–Crippen MR) is 88.6 cm³/mol. The lowest BCUT2D eigenvalue weighted by atomic mass is 9.69. The Balaban J connectivity index is 2.27. The summed E-state index contributed by atoms with van der Waals surface area (Å²) in [6.07, 6.45) is 0. The van der Waals surface area contributed by atoms with Crippen LogP contribution in [0, 0.1) is 0 Å². The first-order valence-electron chi connectivity index (χ1n) is 7.52. The minimum atomic E-state index is -5.24. The van der Waals surface area contributed by atoms with Crippen molar-refractivity contribution in [3.63, 3.8) is 0 Å². The molecule has 0 radical (unpaired) electrons. The maximum atomic E-state index is 12.8. The molecule has 134 valence electrons. The van der Waals surface area contributed by atoms with Crippen LogP contribution in [0.2, 0.25) is 0 Å². The van der Waals surface area contributed by atoms with Crippen molar-refractivity contribution in [2.75, 3.05) is 0 Å². The summed E-state index contributed by atoms with van der Waals surface area (Å²) in [5.41, 5.74) is -1.82. The fourth-order valence-electron chi connectivity index (χ4n) is 3.16. The molecular weight excluding hydrogens is 361 g/mol. The van der Waals surface area contributed by atoms with Gasteiger partial charge in [-0.2, -0.15) is 0 Å². The Labute approximate surface area is 148 Å². The predicted octanol–water partition coefficient (Wildman–Crippen LogP) is 1.00. The van der Waals surface area contributed by atoms with Crippen LogP contribution in [-0.4, -0.2) is 27.6 Å². The van der Waals surface area contributed by atoms with Gasteiger partial charge in [0.2, 0.25) is 11.8 Å². The van der Waals surface area contributed by atoms with Gasteiger partial charge < -0.3 is 4.52 Å². The maximum absolute atomic E-state index is 12.8. The zero-order chi connectivity index (χ0) is 18.9. The smallest absolute Gasteiger partial charge is 0.370 e. The van der Waals surface area contributed by atoms with E-state index in [0.29, 0.717) is 5.56 Å². The lowest BCUT2D eigenvalue weighted by molar-refractivity contribution is -0.147. The van der Waals surface area contributed by atoms with E-state index in [0.717, 1.165) is 0 Å². The molecule has 2 aromatic carbocycles. The van der Waals surface area contributed by atoms with Gasteiger partial charge in [-0.25, -0.2) is 4.57 Å². The molecule has 0 saturated carbocycles. The van der Waals surface area contributed by atoms with Crippen LogP contribution in [-0.2, 0) is 28.9 Å². The van der Waals surface area contributed by atoms with Gasteiger partial charge in [0.05, 0.1) is 5.92 Å². The summed E-state index contributed by atoms with van der Waals surface area (Å²) in [7, 11) is -5.24. The van der Waals surface area contributed by atoms with Crippen LogP contribution in [0.5, 0.6) is 0 Å². The van der Waals surface area contributed by atoms with E-state index < -0.39 is 36.9 Å². The van der Waals surface area contributed by atoms with Gasteiger partial charge in [-0.15, -0.1) is 0 Å². The summed E-state index contributed by atoms with van der Waals surface area (Å²) in [5.74, 6) is -4.58. The number of hydrogen-bond acceptors (Lipinski definition) is 5. The molecule has 2 aromatic rings. The van der Waals surface area contributed by atoms with Crippen LogP contribution in [0.25, 0.3) is 0 Å². The molecule has 3 N–H and O–H groups in total. The SMILES string of the molecule is O=C1NC(=O)C(C(=O)OP(=O)(O)O)(c2ccccc2)C1c1ccccc1. The number of hydrogen-bond donors (Lipinski definition) is 3. The normalized spacial score (nSPS) is 22.8. The average molecular weight is 375 g/mol. The van der Waals surface area contributed by atoms with Crippen molar-refractivity contribution in [2.45, 2.75) is 11.3 Å². The number of benzene rings is 2. The second-order valence-electron chi connectivity index (χ2n) is 5.71. The van der Waals surface area contributed by atoms with E-state index in [1.54, 1.807) is 48.5 Å². The van der Waals surface area contributed by atoms with Gasteiger partial charge in [0.1, 0.15) is 0 Å². The Kier molecular flexibility index (Phi) is 4.50. The van der Waals surface area contributed by atoms with Crippen molar-refractivity contribution in [3.8, 4) is 0 Å². The molecule has 3 rings (SSSR count). The molecular formula is C17H14NO7P. The van der Waals surface area contributed by atoms with Gasteiger partial charge in [-0.05, 0) is 11.1 Å². The highest BCUT2D eigenvalue weighted by molar-refractivity contribution is 7.46. The van der Waals surface area contributed by atoms with Crippen molar-refractivity contribution >= 4 is 25.6 Å². The summed E-state index contributed by atoms with van der Waals surface area (Å²) < 4.78 is 15.5. The fourth-order valence-corrected chi connectivity index (χ4v) is 3.52. The molecule has 2 unspecified atom stereocenters. The Morgan fingerprint density at radius 2 is 1.54 bits per heavy atom. The summed E-state index contributed by atoms with van der Waals surface area (Å²) in [6, 6.07) is 15.6. The molecule has 0 aliphatic carbocycles. The zero-order valence-electron chi connectivity index (χ0n) is 13.2. The Hall–Kier alpha value is -2.80. The number of phosphoric acid groups is 1. The van der Waals surface area contributed by atoms with Crippen molar-refractivity contribution < 1.29 is 33.3 Å². The zero-order valence-corrected chi connectivity index (χ0v) is 14.1. The molecule has 1 aliphatic rings. The third-order valence-corrected chi connectivity index (χ3v) is 4.58. The molecule has 0 aromatic heterocycles. The first-order valence-corrected chi connectivity index (χ1v) is 9.05. The molecule has 0 spiro atoms. The molecule has 1 fully saturated rings. The molecule has 1 aliphatic heterocycles. The topological polar surface area (TPSA) is 130 Å². The van der Waals surface area contributed by atoms with E-state index in [4.69, 9.17) is 9.79 Å². The fraction of sp³-hybridized carbons (Fsp3) is 0.118. The number of phosphoric ester groups is 1. The Morgan fingerprint density at radius 1 is 1.00 bits per heavy atom. The van der Waals surface area contributed by atoms with E-state index in [9.17, 15) is 18.9 Å². The Morgan fingerprint density at radius 3 is 2.08 bits per heavy atom. The minimum absolute atomic E-state index is 0.0932. The maximum Gasteiger partial charge on any atom is 0.527 e. The molecule has 1 heterocycles. The van der Waals surface area contributed by atoms with E-state index in [1.165, 1.54) is 12.1 Å². The van der Waals surface area contributed by atoms with Gasteiger partial charge in [-0.3, -0.25) is 29.5 Å². The van der Waals surface area contributed by atoms with E-state index >= 15 is 0 Å². The highest BCUT2D eigenvalue weighted by atomic mass is 31.2. The second-order valence-corrected chi connectivity index (χ2v) is 6.87. The van der Waals surface area contributed by atoms with E-state index in [1.807, 2.05) is 0 Å². The quantitative estimate of drug-likeness (QED) is 0.413. The first kappa shape index (κ1) is 18.0. The number of carbonyl (C=O) groups excluding carboxylic acids is 3. The van der Waals surface area contributed by atoms with Crippen LogP contribution >= 0.6 is 7.82 Å². The van der Waals surface area contributed by atoms with Gasteiger partial charge in [-0.1, -0.05) is 60.7 Å². The molecule has 2 atom stereocenters. The van der Waals surface area contributed by atoms with Crippen LogP contribution in [0.1, 0.15) is 17.0 Å². The molecule has 1 saturated heterocycles. The van der Waals surface area contributed by atoms with Crippen molar-refractivity contribution in [2.24, 2.45) is 0 Å². The largest absolute Gasteiger partial charge is 0.527 e. The highest BCUT2D eigenvalue weighted by Gasteiger charge is 2.64. The van der Waals surface area contributed by atoms with Crippen molar-refractivity contribution in [1.82, 2.24) is 5.32 Å². The third-order valence-electron chi connectivity index (χ3n) is 4.18. The summed E-state index contributed by atoms with van der Waals surface area (Å²) in [4.78, 5) is 56.2. The monoisotopic (exact) mass is 375 g/mol. The number of carbonyl (C=O) groups is 3. The lowest BCUT2D eigenvalue weighted by Gasteiger charge is -2.29. The van der Waals surface area contributed by atoms with Crippen molar-refractivity contribution in [1.29, 1.82) is 0 Å². The number of nitrogens with one attached hydrogen (secondary N) is 1. The molecule has 0 bridgehead atoms. The lowest BCUT2D eigenvalue weighted by Crippen LogP contribution is -2.47. The van der Waals surface area contributed by atoms with Crippen molar-refractivity contribution in [3.05, 3.63) is 71.8 Å². The summed E-state index contributed by atoms with van der Waals surface area (Å²) in [6.45, 7) is 0. The van der Waals surface area contributed by atoms with Crippen LogP contribution in [0.15, 0.2) is 60.7 Å². The number of amides is 2. The van der Waals surface area contributed by atoms with E-state index in [-0.39, 0.29) is 5.56 Å². The van der Waals surface area contributed by atoms with Crippen LogP contribution in [0.3, 0.4) is 0 Å². The summed E-state index contributed by atoms with van der Waals surface area (Å²) >= 11 is 0. The van der Waals surface area contributed by atoms with Crippen LogP contribution in [0.4, 0.5) is 0 Å². The average Bonchev–Trinajstić information content (AvgIpc) is 2.86. The van der Waals surface area contributed by atoms with Crippen LogP contribution < -0.4 is 5.32 Å². The second kappa shape index (κ2) is 6.49. The van der Waals surface area contributed by atoms with Gasteiger partial charge >= 0.3 is 13.8 Å². The number of rotatable bonds is 4. The standard InChI is InChI=1S/C17H14NO7P/c19-14-13(11-7-3-1-4-8-11)17(15(20)18-14,12-9-5-2-6-10-12)16(21)25-26(22,23)24/h1-10,13H,(H,18,19,20)(H2,22,23,24). The highest BCUT2D eigenvalue weighted by Crippen LogP contribution is 2.48. The summed E-state index contributed by atoms with van der Waals surface area (Å²) in [5, 5.41) is 2.09. The van der Waals surface area contributed by atoms with Gasteiger partial charge in [0.25, 0.3) is 0 Å². The molecule has 9 heteroatoms. The third kappa shape index (κ3) is 2.94. The molecule has 26 heavy (non-hydrogen) atoms. The molecule has 8 nitrogen and oxygen atoms in total. The van der Waals surface area contributed by atoms with Gasteiger partial charge in [0, 0.05) is 0 Å².